The minimum absolute atomic E-state index is 0.0491. The standard InChI is InChI=1S/C31H41FN6O3S/c1-3-25(39)38-16-15-37(18-21(38)11-13-33)29-24-10-12-31(17-20-7-4-5-9-23(20)28(32)42-31)27(40)26(24)34-30(35-29)41-19-22-8-6-14-36(22)2/h3-5,7,9,21-22,24,26,28-30,34-35H,1,6,8,10-12,14-19H2,2H3/t21?,22?,24?,26?,28?,29?,30?,31-/m1/s1. The Morgan fingerprint density at radius 1 is 1.26 bits per heavy atom. The third-order valence-corrected chi connectivity index (χ3v) is 11.5. The molecule has 3 saturated heterocycles. The number of piperazine rings is 1. The van der Waals surface area contributed by atoms with Crippen molar-refractivity contribution in [3.05, 3.63) is 48.0 Å². The molecule has 7 unspecified atom stereocenters. The van der Waals surface area contributed by atoms with Gasteiger partial charge in [-0.05, 0) is 62.9 Å². The minimum atomic E-state index is -1.24. The highest BCUT2D eigenvalue weighted by Gasteiger charge is 2.57. The monoisotopic (exact) mass is 596 g/mol. The van der Waals surface area contributed by atoms with Gasteiger partial charge < -0.3 is 14.5 Å². The van der Waals surface area contributed by atoms with Crippen LogP contribution in [0.1, 0.15) is 48.7 Å². The first-order valence-electron chi connectivity index (χ1n) is 15.2. The number of halogens is 1. The lowest BCUT2D eigenvalue weighted by Crippen LogP contribution is -2.75. The van der Waals surface area contributed by atoms with Gasteiger partial charge in [-0.1, -0.05) is 30.8 Å². The Labute approximate surface area is 251 Å². The van der Waals surface area contributed by atoms with Gasteiger partial charge in [0.05, 0.1) is 42.1 Å². The normalized spacial score (nSPS) is 37.2. The second-order valence-electron chi connectivity index (χ2n) is 12.4. The Morgan fingerprint density at radius 3 is 2.86 bits per heavy atom. The van der Waals surface area contributed by atoms with E-state index in [2.05, 4.69) is 40.1 Å². The summed E-state index contributed by atoms with van der Waals surface area (Å²) >= 11 is 1.17. The number of likely N-dealkylation sites (tertiary alicyclic amines) is 1. The fourth-order valence-electron chi connectivity index (χ4n) is 7.71. The number of hydrogen-bond acceptors (Lipinski definition) is 9. The van der Waals surface area contributed by atoms with Crippen LogP contribution >= 0.6 is 11.8 Å². The Kier molecular flexibility index (Phi) is 8.74. The number of alkyl halides is 1. The van der Waals surface area contributed by atoms with Crippen LogP contribution < -0.4 is 10.6 Å². The number of nitriles is 1. The molecule has 0 radical (unpaired) electrons. The predicted molar refractivity (Wildman–Crippen MR) is 159 cm³/mol. The highest BCUT2D eigenvalue weighted by molar-refractivity contribution is 8.01. The van der Waals surface area contributed by atoms with Crippen molar-refractivity contribution in [3.63, 3.8) is 0 Å². The number of ketones is 1. The number of amides is 1. The second kappa shape index (κ2) is 12.3. The topological polar surface area (TPSA) is 101 Å². The van der Waals surface area contributed by atoms with E-state index < -0.39 is 22.6 Å². The van der Waals surface area contributed by atoms with Gasteiger partial charge in [0.1, 0.15) is 0 Å². The first kappa shape index (κ1) is 29.7. The predicted octanol–water partition coefficient (Wildman–Crippen LogP) is 2.56. The lowest BCUT2D eigenvalue weighted by Gasteiger charge is -2.55. The lowest BCUT2D eigenvalue weighted by atomic mass is 9.71. The molecule has 1 aromatic carbocycles. The summed E-state index contributed by atoms with van der Waals surface area (Å²) in [5.74, 6) is -0.177. The minimum Gasteiger partial charge on any atom is -0.348 e. The average molecular weight is 597 g/mol. The third kappa shape index (κ3) is 5.53. The van der Waals surface area contributed by atoms with E-state index in [1.54, 1.807) is 4.90 Å². The van der Waals surface area contributed by atoms with E-state index in [1.165, 1.54) is 17.8 Å². The smallest absolute Gasteiger partial charge is 0.246 e. The highest BCUT2D eigenvalue weighted by Crippen LogP contribution is 2.54. The van der Waals surface area contributed by atoms with Crippen LogP contribution in [-0.2, 0) is 20.7 Å². The number of nitrogens with zero attached hydrogens (tertiary/aromatic N) is 4. The van der Waals surface area contributed by atoms with Crippen LogP contribution in [0.15, 0.2) is 36.9 Å². The summed E-state index contributed by atoms with van der Waals surface area (Å²) in [6, 6.07) is 9.35. The van der Waals surface area contributed by atoms with Gasteiger partial charge in [0.2, 0.25) is 5.91 Å². The maximum atomic E-state index is 15.5. The molecule has 1 saturated carbocycles. The first-order valence-corrected chi connectivity index (χ1v) is 16.0. The zero-order valence-corrected chi connectivity index (χ0v) is 25.0. The summed E-state index contributed by atoms with van der Waals surface area (Å²) in [6.45, 7) is 6.82. The van der Waals surface area contributed by atoms with E-state index >= 15 is 4.39 Å². The van der Waals surface area contributed by atoms with Crippen molar-refractivity contribution < 1.29 is 18.7 Å². The molecule has 0 bridgehead atoms. The van der Waals surface area contributed by atoms with Crippen molar-refractivity contribution in [1.82, 2.24) is 25.3 Å². The van der Waals surface area contributed by atoms with E-state index in [4.69, 9.17) is 4.74 Å². The Balaban J connectivity index is 1.25. The number of ether oxygens (including phenoxy) is 1. The maximum absolute atomic E-state index is 15.5. The SMILES string of the molecule is C=CC(=O)N1CCN(C2NC(OCC3CCCN3C)NC3C(=O)[C@@]4(CCC32)Cc2ccccc2C(F)S4)CC1CC#N. The maximum Gasteiger partial charge on any atom is 0.246 e. The number of fused-ring (bicyclic) bond motifs is 2. The summed E-state index contributed by atoms with van der Waals surface area (Å²) in [7, 11) is 2.11. The van der Waals surface area contributed by atoms with Crippen LogP contribution in [0.2, 0.25) is 0 Å². The molecule has 4 aliphatic heterocycles. The number of likely N-dealkylation sites (N-methyl/N-ethyl adjacent to an activating group) is 1. The molecule has 1 spiro atoms. The number of Topliss-reactive ketones (excluding diaryl/α,β-unsaturated/α-hetero) is 1. The average Bonchev–Trinajstić information content (AvgIpc) is 3.42. The van der Waals surface area contributed by atoms with Gasteiger partial charge in [-0.3, -0.25) is 25.1 Å². The zero-order valence-electron chi connectivity index (χ0n) is 24.2. The molecule has 4 heterocycles. The molecule has 42 heavy (non-hydrogen) atoms. The van der Waals surface area contributed by atoms with Crippen LogP contribution in [0.3, 0.4) is 0 Å². The molecule has 226 valence electrons. The molecular weight excluding hydrogens is 555 g/mol. The lowest BCUT2D eigenvalue weighted by molar-refractivity contribution is -0.145. The van der Waals surface area contributed by atoms with Crippen LogP contribution in [0, 0.1) is 17.2 Å². The number of carbonyl (C=O) groups excluding carboxylic acids is 2. The zero-order chi connectivity index (χ0) is 29.4. The number of benzene rings is 1. The van der Waals surface area contributed by atoms with E-state index in [1.807, 2.05) is 24.3 Å². The summed E-state index contributed by atoms with van der Waals surface area (Å²) < 4.78 is 21.1. The molecule has 11 heteroatoms. The summed E-state index contributed by atoms with van der Waals surface area (Å²) in [4.78, 5) is 33.3. The summed E-state index contributed by atoms with van der Waals surface area (Å²) in [5, 5.41) is 16.7. The molecule has 1 aliphatic carbocycles. The van der Waals surface area contributed by atoms with Gasteiger partial charge >= 0.3 is 0 Å². The van der Waals surface area contributed by atoms with Crippen molar-refractivity contribution in [2.45, 2.75) is 79.4 Å². The van der Waals surface area contributed by atoms with E-state index in [0.717, 1.165) is 31.4 Å². The van der Waals surface area contributed by atoms with Crippen LogP contribution in [0.25, 0.3) is 0 Å². The quantitative estimate of drug-likeness (QED) is 0.480. The molecular formula is C31H41FN6O3S. The van der Waals surface area contributed by atoms with Crippen molar-refractivity contribution in [2.24, 2.45) is 5.92 Å². The fourth-order valence-corrected chi connectivity index (χ4v) is 9.18. The first-order chi connectivity index (χ1) is 20.3. The van der Waals surface area contributed by atoms with Gasteiger partial charge in [-0.25, -0.2) is 4.39 Å². The van der Waals surface area contributed by atoms with Gasteiger partial charge in [-0.2, -0.15) is 5.26 Å². The van der Waals surface area contributed by atoms with Crippen LogP contribution in [0.5, 0.6) is 0 Å². The van der Waals surface area contributed by atoms with Gasteiger partial charge in [0.25, 0.3) is 0 Å². The number of thioether (sulfide) groups is 1. The second-order valence-corrected chi connectivity index (χ2v) is 13.8. The third-order valence-electron chi connectivity index (χ3n) is 10.0. The van der Waals surface area contributed by atoms with Gasteiger partial charge in [0, 0.05) is 31.6 Å². The molecule has 8 atom stereocenters. The van der Waals surface area contributed by atoms with E-state index in [0.29, 0.717) is 50.7 Å². The van der Waals surface area contributed by atoms with Gasteiger partial charge in [0.15, 0.2) is 17.6 Å². The Bertz CT molecular complexity index is 1250. The highest BCUT2D eigenvalue weighted by atomic mass is 32.2. The number of hydrogen-bond donors (Lipinski definition) is 2. The molecule has 5 aliphatic rings. The molecule has 0 aromatic heterocycles. The van der Waals surface area contributed by atoms with E-state index in [9.17, 15) is 14.9 Å². The van der Waals surface area contributed by atoms with Crippen molar-refractivity contribution >= 4 is 23.5 Å². The van der Waals surface area contributed by atoms with Crippen molar-refractivity contribution in [3.8, 4) is 6.07 Å². The summed E-state index contributed by atoms with van der Waals surface area (Å²) in [6.07, 6.45) is 4.88. The van der Waals surface area contributed by atoms with Crippen molar-refractivity contribution in [2.75, 3.05) is 39.8 Å². The molecule has 1 amide bonds. The molecule has 1 aromatic rings. The molecule has 6 rings (SSSR count). The van der Waals surface area contributed by atoms with Gasteiger partial charge in [-0.15, -0.1) is 11.8 Å². The largest absolute Gasteiger partial charge is 0.348 e. The Morgan fingerprint density at radius 2 is 2.10 bits per heavy atom. The molecule has 4 fully saturated rings. The van der Waals surface area contributed by atoms with E-state index in [-0.39, 0.29) is 36.2 Å². The summed E-state index contributed by atoms with van der Waals surface area (Å²) in [5.41, 5.74) is 0.358. The number of rotatable bonds is 6. The molecule has 2 N–H and O–H groups in total. The van der Waals surface area contributed by atoms with Crippen LogP contribution in [-0.4, -0.2) is 102 Å². The number of nitrogens with one attached hydrogen (secondary N) is 2. The fraction of sp³-hybridized carbons (Fsp3) is 0.645. The Hall–Kier alpha value is -2.33. The van der Waals surface area contributed by atoms with Crippen LogP contribution in [0.4, 0.5) is 4.39 Å². The molecule has 9 nitrogen and oxygen atoms in total. The number of carbonyl (C=O) groups is 2. The van der Waals surface area contributed by atoms with Crippen molar-refractivity contribution in [1.29, 1.82) is 5.26 Å².